The molecule has 2 saturated heterocycles. The molecular weight excluding hydrogens is 524 g/mol. The number of rotatable bonds is 4. The highest BCUT2D eigenvalue weighted by molar-refractivity contribution is 6.01. The topological polar surface area (TPSA) is 102 Å². The zero-order chi connectivity index (χ0) is 28.7. The van der Waals surface area contributed by atoms with Crippen LogP contribution in [0, 0.1) is 0 Å². The van der Waals surface area contributed by atoms with Gasteiger partial charge in [0.05, 0.1) is 31.7 Å². The lowest BCUT2D eigenvalue weighted by atomic mass is 9.82. The summed E-state index contributed by atoms with van der Waals surface area (Å²) in [6.07, 6.45) is 1.40. The summed E-state index contributed by atoms with van der Waals surface area (Å²) < 4.78 is 17.4. The van der Waals surface area contributed by atoms with Crippen LogP contribution in [0.2, 0.25) is 0 Å². The Hall–Kier alpha value is -4.34. The smallest absolute Gasteiger partial charge is 0.272 e. The van der Waals surface area contributed by atoms with Crippen LogP contribution >= 0.6 is 0 Å². The predicted octanol–water partition coefficient (Wildman–Crippen LogP) is 3.56. The van der Waals surface area contributed by atoms with Gasteiger partial charge in [0.15, 0.2) is 5.78 Å². The number of methoxy groups -OCH3 is 2. The normalized spacial score (nSPS) is 18.2. The van der Waals surface area contributed by atoms with E-state index in [1.165, 1.54) is 0 Å². The van der Waals surface area contributed by atoms with E-state index in [2.05, 4.69) is 9.88 Å². The maximum Gasteiger partial charge on any atom is 0.272 e. The summed E-state index contributed by atoms with van der Waals surface area (Å²) in [4.78, 5) is 48.9. The summed E-state index contributed by atoms with van der Waals surface area (Å²) in [6, 6.07) is 12.9. The summed E-state index contributed by atoms with van der Waals surface area (Å²) in [5.74, 6) is 1.82. The first-order valence-corrected chi connectivity index (χ1v) is 14.0. The highest BCUT2D eigenvalue weighted by Gasteiger charge is 2.44. The number of piperazine rings is 1. The van der Waals surface area contributed by atoms with E-state index in [1.807, 2.05) is 35.2 Å². The maximum absolute atomic E-state index is 13.5. The average Bonchev–Trinajstić information content (AvgIpc) is 3.00. The van der Waals surface area contributed by atoms with Gasteiger partial charge in [-0.25, -0.2) is 4.98 Å². The van der Waals surface area contributed by atoms with Gasteiger partial charge in [0, 0.05) is 76.2 Å². The van der Waals surface area contributed by atoms with Crippen LogP contribution in [0.25, 0.3) is 10.9 Å². The zero-order valence-corrected chi connectivity index (χ0v) is 23.6. The van der Waals surface area contributed by atoms with Crippen molar-refractivity contribution < 1.29 is 28.6 Å². The molecule has 1 aromatic heterocycles. The Morgan fingerprint density at radius 2 is 1.66 bits per heavy atom. The molecule has 3 aromatic rings. The number of Topliss-reactive ketones (excluding diaryl/α,β-unsaturated/α-hetero) is 1. The van der Waals surface area contributed by atoms with Crippen LogP contribution in [-0.2, 0) is 4.79 Å². The summed E-state index contributed by atoms with van der Waals surface area (Å²) in [7, 11) is 3.17. The van der Waals surface area contributed by atoms with Crippen LogP contribution in [0.1, 0.15) is 47.0 Å². The van der Waals surface area contributed by atoms with E-state index in [0.29, 0.717) is 73.0 Å². The summed E-state index contributed by atoms with van der Waals surface area (Å²) >= 11 is 0. The first-order valence-electron chi connectivity index (χ1n) is 14.0. The molecule has 41 heavy (non-hydrogen) atoms. The van der Waals surface area contributed by atoms with E-state index in [-0.39, 0.29) is 24.0 Å². The van der Waals surface area contributed by atoms with Gasteiger partial charge in [0.25, 0.3) is 5.91 Å². The summed E-state index contributed by atoms with van der Waals surface area (Å²) in [5.41, 5.74) is 1.92. The molecule has 0 unspecified atom stereocenters. The van der Waals surface area contributed by atoms with Crippen LogP contribution < -0.4 is 19.1 Å². The zero-order valence-electron chi connectivity index (χ0n) is 23.6. The van der Waals surface area contributed by atoms with Crippen LogP contribution in [0.4, 0.5) is 5.69 Å². The molecular formula is C31H34N4O6. The molecule has 0 saturated carbocycles. The Morgan fingerprint density at radius 1 is 0.902 bits per heavy atom. The largest absolute Gasteiger partial charge is 0.497 e. The number of benzene rings is 2. The molecule has 0 aliphatic carbocycles. The number of anilines is 1. The lowest BCUT2D eigenvalue weighted by Crippen LogP contribution is -2.52. The molecule has 0 N–H and O–H groups in total. The molecule has 2 fully saturated rings. The van der Waals surface area contributed by atoms with Crippen molar-refractivity contribution in [3.8, 4) is 17.2 Å². The summed E-state index contributed by atoms with van der Waals surface area (Å²) in [5, 5.41) is 0.773. The van der Waals surface area contributed by atoms with Gasteiger partial charge < -0.3 is 28.9 Å². The van der Waals surface area contributed by atoms with Gasteiger partial charge in [0.1, 0.15) is 28.5 Å². The van der Waals surface area contributed by atoms with Gasteiger partial charge in [0.2, 0.25) is 5.91 Å². The van der Waals surface area contributed by atoms with Crippen LogP contribution in [0.15, 0.2) is 42.5 Å². The second-order valence-electron chi connectivity index (χ2n) is 10.9. The van der Waals surface area contributed by atoms with E-state index < -0.39 is 5.60 Å². The molecule has 0 bridgehead atoms. The summed E-state index contributed by atoms with van der Waals surface area (Å²) in [6.45, 7) is 5.32. The number of carbonyl (C=O) groups is 3. The molecule has 4 heterocycles. The van der Waals surface area contributed by atoms with Gasteiger partial charge in [-0.1, -0.05) is 0 Å². The molecule has 0 atom stereocenters. The number of amides is 2. The van der Waals surface area contributed by atoms with Crippen molar-refractivity contribution in [1.82, 2.24) is 14.8 Å². The Kier molecular flexibility index (Phi) is 6.93. The van der Waals surface area contributed by atoms with Crippen molar-refractivity contribution in [2.45, 2.75) is 31.8 Å². The van der Waals surface area contributed by atoms with E-state index in [1.54, 1.807) is 38.2 Å². The van der Waals surface area contributed by atoms with Crippen molar-refractivity contribution in [3.63, 3.8) is 0 Å². The Balaban J connectivity index is 1.14. The number of ketones is 1. The number of hydrogen-bond donors (Lipinski definition) is 0. The highest BCUT2D eigenvalue weighted by Crippen LogP contribution is 2.41. The molecule has 3 aliphatic rings. The molecule has 10 heteroatoms. The van der Waals surface area contributed by atoms with Crippen LogP contribution in [0.3, 0.4) is 0 Å². The van der Waals surface area contributed by atoms with Gasteiger partial charge in [-0.05, 0) is 36.4 Å². The minimum atomic E-state index is -0.624. The minimum absolute atomic E-state index is 0.0617. The molecule has 2 amide bonds. The van der Waals surface area contributed by atoms with Crippen molar-refractivity contribution >= 4 is 34.2 Å². The third kappa shape index (κ3) is 5.03. The van der Waals surface area contributed by atoms with Crippen molar-refractivity contribution in [1.29, 1.82) is 0 Å². The fourth-order valence-electron chi connectivity index (χ4n) is 6.10. The maximum atomic E-state index is 13.5. The van der Waals surface area contributed by atoms with Crippen molar-refractivity contribution in [2.24, 2.45) is 0 Å². The van der Waals surface area contributed by atoms with Gasteiger partial charge >= 0.3 is 0 Å². The number of ether oxygens (including phenoxy) is 3. The number of hydrogen-bond acceptors (Lipinski definition) is 8. The number of carbonyl (C=O) groups excluding carboxylic acids is 3. The monoisotopic (exact) mass is 558 g/mol. The lowest BCUT2D eigenvalue weighted by Gasteiger charge is -2.44. The number of pyridine rings is 1. The SMILES string of the molecule is COc1ccc2nc(C(=O)N3CCC4(CC3)CC(=O)c3cc(N5CCN(C(C)=O)CC5)ccc3O4)cc(OC)c2c1. The molecule has 2 aromatic carbocycles. The third-order valence-electron chi connectivity index (χ3n) is 8.54. The fourth-order valence-corrected chi connectivity index (χ4v) is 6.10. The lowest BCUT2D eigenvalue weighted by molar-refractivity contribution is -0.129. The Bertz CT molecular complexity index is 1520. The number of nitrogens with zero attached hydrogens (tertiary/aromatic N) is 4. The molecule has 10 nitrogen and oxygen atoms in total. The van der Waals surface area contributed by atoms with Crippen LogP contribution in [-0.4, -0.2) is 91.5 Å². The number of piperidine rings is 1. The van der Waals surface area contributed by atoms with E-state index >= 15 is 0 Å². The minimum Gasteiger partial charge on any atom is -0.497 e. The van der Waals surface area contributed by atoms with E-state index in [4.69, 9.17) is 14.2 Å². The second kappa shape index (κ2) is 10.6. The average molecular weight is 559 g/mol. The Morgan fingerprint density at radius 3 is 2.34 bits per heavy atom. The molecule has 214 valence electrons. The fraction of sp³-hybridized carbons (Fsp3) is 0.419. The van der Waals surface area contributed by atoms with Crippen LogP contribution in [0.5, 0.6) is 17.2 Å². The van der Waals surface area contributed by atoms with Gasteiger partial charge in [-0.3, -0.25) is 14.4 Å². The first-order chi connectivity index (χ1) is 19.8. The van der Waals surface area contributed by atoms with Crippen molar-refractivity contribution in [2.75, 3.05) is 58.4 Å². The number of likely N-dealkylation sites (tertiary alicyclic amines) is 1. The molecule has 1 spiro atoms. The molecule has 6 rings (SSSR count). The first kappa shape index (κ1) is 26.9. The molecule has 0 radical (unpaired) electrons. The van der Waals surface area contributed by atoms with Crippen molar-refractivity contribution in [3.05, 3.63) is 53.7 Å². The van der Waals surface area contributed by atoms with Gasteiger partial charge in [-0.2, -0.15) is 0 Å². The third-order valence-corrected chi connectivity index (χ3v) is 8.54. The highest BCUT2D eigenvalue weighted by atomic mass is 16.5. The van der Waals surface area contributed by atoms with Gasteiger partial charge in [-0.15, -0.1) is 0 Å². The molecule has 3 aliphatic heterocycles. The second-order valence-corrected chi connectivity index (χ2v) is 10.9. The van der Waals surface area contributed by atoms with E-state index in [0.717, 1.165) is 24.2 Å². The number of aromatic nitrogens is 1. The predicted molar refractivity (Wildman–Crippen MR) is 153 cm³/mol. The van der Waals surface area contributed by atoms with E-state index in [9.17, 15) is 14.4 Å². The standard InChI is InChI=1S/C31H34N4O6/c1-20(36)33-12-14-34(15-13-33)21-4-7-28-24(16-21)27(37)19-31(41-28)8-10-35(11-9-31)30(38)26-18-29(40-3)23-17-22(39-2)5-6-25(23)32-26/h4-7,16-18H,8-15,19H2,1-3H3. The quantitative estimate of drug-likeness (QED) is 0.479. The number of fused-ring (bicyclic) bond motifs is 2. The Labute approximate surface area is 238 Å².